The number of ether oxygens (including phenoxy) is 1. The Bertz CT molecular complexity index is 958. The molecule has 0 aliphatic carbocycles. The Morgan fingerprint density at radius 2 is 1.74 bits per heavy atom. The zero-order valence-corrected chi connectivity index (χ0v) is 16.5. The van der Waals surface area contributed by atoms with Gasteiger partial charge in [0.25, 0.3) is 5.91 Å². The molecule has 0 unspecified atom stereocenters. The predicted molar refractivity (Wildman–Crippen MR) is 102 cm³/mol. The molecule has 2 aromatic carbocycles. The molecule has 1 atom stereocenters. The number of rotatable bonds is 6. The largest absolute Gasteiger partial charge is 0.449 e. The number of sulfonamides is 1. The van der Waals surface area contributed by atoms with Crippen molar-refractivity contribution in [1.29, 1.82) is 0 Å². The molecule has 0 saturated heterocycles. The SMILES string of the molecule is CNS(=O)(=O)c1cc(C(=O)O[C@@H](C)C(=O)Nc2ccc(C)cc2)ccc1Cl. The van der Waals surface area contributed by atoms with Crippen LogP contribution in [0.5, 0.6) is 0 Å². The van der Waals surface area contributed by atoms with Gasteiger partial charge in [-0.15, -0.1) is 0 Å². The van der Waals surface area contributed by atoms with Crippen molar-refractivity contribution in [3.63, 3.8) is 0 Å². The smallest absolute Gasteiger partial charge is 0.338 e. The van der Waals surface area contributed by atoms with Gasteiger partial charge in [-0.1, -0.05) is 29.3 Å². The number of hydrogen-bond donors (Lipinski definition) is 2. The molecule has 2 aromatic rings. The summed E-state index contributed by atoms with van der Waals surface area (Å²) in [6, 6.07) is 10.8. The Hall–Kier alpha value is -2.42. The second-order valence-electron chi connectivity index (χ2n) is 5.76. The molecule has 0 aliphatic rings. The molecular formula is C18H19ClN2O5S. The van der Waals surface area contributed by atoms with Gasteiger partial charge in [-0.2, -0.15) is 0 Å². The van der Waals surface area contributed by atoms with Crippen LogP contribution in [0, 0.1) is 6.92 Å². The molecule has 7 nitrogen and oxygen atoms in total. The van der Waals surface area contributed by atoms with Gasteiger partial charge in [0.05, 0.1) is 10.6 Å². The predicted octanol–water partition coefficient (Wildman–Crippen LogP) is 2.74. The van der Waals surface area contributed by atoms with E-state index in [-0.39, 0.29) is 15.5 Å². The summed E-state index contributed by atoms with van der Waals surface area (Å²) >= 11 is 5.89. The first-order chi connectivity index (χ1) is 12.6. The monoisotopic (exact) mass is 410 g/mol. The van der Waals surface area contributed by atoms with E-state index in [1.807, 2.05) is 19.1 Å². The average molecular weight is 411 g/mol. The van der Waals surface area contributed by atoms with E-state index in [2.05, 4.69) is 10.0 Å². The molecule has 27 heavy (non-hydrogen) atoms. The molecular weight excluding hydrogens is 392 g/mol. The minimum atomic E-state index is -3.84. The van der Waals surface area contributed by atoms with Gasteiger partial charge < -0.3 is 10.1 Å². The third kappa shape index (κ3) is 5.29. The Balaban J connectivity index is 2.11. The van der Waals surface area contributed by atoms with Crippen LogP contribution in [0.1, 0.15) is 22.8 Å². The molecule has 0 aliphatic heterocycles. The summed E-state index contributed by atoms with van der Waals surface area (Å²) in [7, 11) is -2.61. The Kier molecular flexibility index (Phi) is 6.59. The molecule has 2 N–H and O–H groups in total. The first kappa shape index (κ1) is 20.9. The zero-order valence-electron chi connectivity index (χ0n) is 14.9. The fourth-order valence-corrected chi connectivity index (χ4v) is 3.36. The van der Waals surface area contributed by atoms with E-state index in [4.69, 9.17) is 16.3 Å². The summed E-state index contributed by atoms with van der Waals surface area (Å²) in [6.07, 6.45) is -1.08. The number of esters is 1. The van der Waals surface area contributed by atoms with E-state index >= 15 is 0 Å². The summed E-state index contributed by atoms with van der Waals surface area (Å²) in [5.74, 6) is -1.35. The number of aryl methyl sites for hydroxylation is 1. The van der Waals surface area contributed by atoms with Crippen molar-refractivity contribution in [3.05, 3.63) is 58.6 Å². The molecule has 0 spiro atoms. The second kappa shape index (κ2) is 8.51. The summed E-state index contributed by atoms with van der Waals surface area (Å²) in [5.41, 5.74) is 1.58. The van der Waals surface area contributed by atoms with E-state index in [9.17, 15) is 18.0 Å². The van der Waals surface area contributed by atoms with Crippen molar-refractivity contribution in [1.82, 2.24) is 4.72 Å². The quantitative estimate of drug-likeness (QED) is 0.713. The van der Waals surface area contributed by atoms with Crippen LogP contribution in [-0.4, -0.2) is 33.4 Å². The molecule has 0 fully saturated rings. The van der Waals surface area contributed by atoms with Gasteiger partial charge in [-0.25, -0.2) is 17.9 Å². The lowest BCUT2D eigenvalue weighted by Gasteiger charge is -2.14. The third-order valence-corrected chi connectivity index (χ3v) is 5.59. The van der Waals surface area contributed by atoms with Gasteiger partial charge >= 0.3 is 5.97 Å². The highest BCUT2D eigenvalue weighted by molar-refractivity contribution is 7.89. The number of halogens is 1. The van der Waals surface area contributed by atoms with Crippen LogP contribution in [0.3, 0.4) is 0 Å². The number of benzene rings is 2. The maximum absolute atomic E-state index is 12.3. The Labute approximate surface area is 162 Å². The topological polar surface area (TPSA) is 102 Å². The molecule has 144 valence electrons. The Morgan fingerprint density at radius 3 is 2.33 bits per heavy atom. The fraction of sp³-hybridized carbons (Fsp3) is 0.222. The normalized spacial score (nSPS) is 12.3. The number of carbonyl (C=O) groups excluding carboxylic acids is 2. The van der Waals surface area contributed by atoms with Crippen molar-refractivity contribution >= 4 is 39.2 Å². The highest BCUT2D eigenvalue weighted by Gasteiger charge is 2.22. The average Bonchev–Trinajstić information content (AvgIpc) is 2.63. The van der Waals surface area contributed by atoms with Crippen LogP contribution in [0.4, 0.5) is 5.69 Å². The fourth-order valence-electron chi connectivity index (χ4n) is 2.11. The molecule has 0 saturated carbocycles. The van der Waals surface area contributed by atoms with Gasteiger partial charge in [0.15, 0.2) is 6.10 Å². The maximum Gasteiger partial charge on any atom is 0.338 e. The van der Waals surface area contributed by atoms with Crippen molar-refractivity contribution in [2.24, 2.45) is 0 Å². The summed E-state index contributed by atoms with van der Waals surface area (Å²) in [6.45, 7) is 3.34. The lowest BCUT2D eigenvalue weighted by molar-refractivity contribution is -0.123. The van der Waals surface area contributed by atoms with E-state index in [1.165, 1.54) is 26.1 Å². The molecule has 0 heterocycles. The number of anilines is 1. The lowest BCUT2D eigenvalue weighted by atomic mass is 10.2. The van der Waals surface area contributed by atoms with Crippen LogP contribution in [0.25, 0.3) is 0 Å². The van der Waals surface area contributed by atoms with E-state index in [0.717, 1.165) is 11.6 Å². The second-order valence-corrected chi connectivity index (χ2v) is 8.02. The van der Waals surface area contributed by atoms with Crippen molar-refractivity contribution in [3.8, 4) is 0 Å². The van der Waals surface area contributed by atoms with Crippen LogP contribution < -0.4 is 10.0 Å². The van der Waals surface area contributed by atoms with Gasteiger partial charge in [-0.3, -0.25) is 4.79 Å². The van der Waals surface area contributed by atoms with Crippen molar-refractivity contribution in [2.75, 3.05) is 12.4 Å². The first-order valence-corrected chi connectivity index (χ1v) is 9.82. The summed E-state index contributed by atoms with van der Waals surface area (Å²) in [5, 5.41) is 2.60. The number of nitrogens with one attached hydrogen (secondary N) is 2. The molecule has 0 radical (unpaired) electrons. The lowest BCUT2D eigenvalue weighted by Crippen LogP contribution is -2.30. The van der Waals surface area contributed by atoms with E-state index < -0.39 is 28.0 Å². The van der Waals surface area contributed by atoms with Crippen LogP contribution in [0.2, 0.25) is 5.02 Å². The minimum Gasteiger partial charge on any atom is -0.449 e. The van der Waals surface area contributed by atoms with Gasteiger partial charge in [0.2, 0.25) is 10.0 Å². The standard InChI is InChI=1S/C18H19ClN2O5S/c1-11-4-7-14(8-5-11)21-17(22)12(2)26-18(23)13-6-9-15(19)16(10-13)27(24,25)20-3/h4-10,12,20H,1-3H3,(H,21,22)/t12-/m0/s1. The van der Waals surface area contributed by atoms with E-state index in [0.29, 0.717) is 5.69 Å². The van der Waals surface area contributed by atoms with Crippen LogP contribution in [-0.2, 0) is 19.6 Å². The highest BCUT2D eigenvalue weighted by atomic mass is 35.5. The van der Waals surface area contributed by atoms with Gasteiger partial charge in [-0.05, 0) is 51.2 Å². The maximum atomic E-state index is 12.3. The van der Waals surface area contributed by atoms with Crippen molar-refractivity contribution < 1.29 is 22.7 Å². The molecule has 0 aromatic heterocycles. The molecule has 2 rings (SSSR count). The molecule has 0 bridgehead atoms. The molecule has 1 amide bonds. The third-order valence-electron chi connectivity index (χ3n) is 3.70. The van der Waals surface area contributed by atoms with Crippen molar-refractivity contribution in [2.45, 2.75) is 24.8 Å². The van der Waals surface area contributed by atoms with E-state index in [1.54, 1.807) is 12.1 Å². The Morgan fingerprint density at radius 1 is 1.11 bits per heavy atom. The van der Waals surface area contributed by atoms with Gasteiger partial charge in [0.1, 0.15) is 4.90 Å². The number of hydrogen-bond acceptors (Lipinski definition) is 5. The highest BCUT2D eigenvalue weighted by Crippen LogP contribution is 2.23. The first-order valence-electron chi connectivity index (χ1n) is 7.95. The van der Waals surface area contributed by atoms with Crippen LogP contribution >= 0.6 is 11.6 Å². The zero-order chi connectivity index (χ0) is 20.2. The number of carbonyl (C=O) groups is 2. The summed E-state index contributed by atoms with van der Waals surface area (Å²) < 4.78 is 31.1. The minimum absolute atomic E-state index is 0.0361. The van der Waals surface area contributed by atoms with Gasteiger partial charge in [0, 0.05) is 5.69 Å². The summed E-state index contributed by atoms with van der Waals surface area (Å²) in [4.78, 5) is 24.2. The molecule has 9 heteroatoms. The number of amides is 1. The van der Waals surface area contributed by atoms with Crippen LogP contribution in [0.15, 0.2) is 47.4 Å².